The van der Waals surface area contributed by atoms with Crippen LogP contribution in [0.4, 0.5) is 0 Å². The molecule has 0 radical (unpaired) electrons. The van der Waals surface area contributed by atoms with Gasteiger partial charge in [-0.3, -0.25) is 0 Å². The van der Waals surface area contributed by atoms with Gasteiger partial charge in [0, 0.05) is 6.04 Å². The minimum absolute atomic E-state index is 0.518. The van der Waals surface area contributed by atoms with Gasteiger partial charge in [-0.2, -0.15) is 0 Å². The van der Waals surface area contributed by atoms with Crippen LogP contribution in [0.3, 0.4) is 0 Å². The Labute approximate surface area is 76.7 Å². The van der Waals surface area contributed by atoms with Gasteiger partial charge in [-0.1, -0.05) is 26.7 Å². The first-order valence-corrected chi connectivity index (χ1v) is 5.49. The fourth-order valence-corrected chi connectivity index (χ4v) is 1.87. The standard InChI is InChI=1S/C11H23N/c1-3-4-9(2)5-8-11(12)10-6-7-10/h9-11H,3-8,12H2,1-2H3. The second-order valence-corrected chi connectivity index (χ2v) is 4.47. The molecule has 2 N–H and O–H groups in total. The molecule has 0 amide bonds. The fraction of sp³-hybridized carbons (Fsp3) is 1.00. The summed E-state index contributed by atoms with van der Waals surface area (Å²) in [5.41, 5.74) is 6.02. The minimum atomic E-state index is 0.518. The largest absolute Gasteiger partial charge is 0.327 e. The van der Waals surface area contributed by atoms with Crippen molar-refractivity contribution in [1.82, 2.24) is 0 Å². The minimum Gasteiger partial charge on any atom is -0.327 e. The normalized spacial score (nSPS) is 22.2. The predicted octanol–water partition coefficient (Wildman–Crippen LogP) is 2.94. The van der Waals surface area contributed by atoms with Crippen LogP contribution in [0.15, 0.2) is 0 Å². The van der Waals surface area contributed by atoms with Crippen molar-refractivity contribution in [2.24, 2.45) is 17.6 Å². The number of hydrogen-bond acceptors (Lipinski definition) is 1. The van der Waals surface area contributed by atoms with Crippen LogP contribution < -0.4 is 5.73 Å². The third-order valence-corrected chi connectivity index (χ3v) is 3.00. The summed E-state index contributed by atoms with van der Waals surface area (Å²) in [6.45, 7) is 4.61. The Kier molecular flexibility index (Phi) is 4.07. The summed E-state index contributed by atoms with van der Waals surface area (Å²) >= 11 is 0. The van der Waals surface area contributed by atoms with Crippen molar-refractivity contribution in [3.8, 4) is 0 Å². The molecule has 1 rings (SSSR count). The van der Waals surface area contributed by atoms with E-state index in [0.717, 1.165) is 11.8 Å². The van der Waals surface area contributed by atoms with Gasteiger partial charge in [-0.05, 0) is 37.5 Å². The second-order valence-electron chi connectivity index (χ2n) is 4.47. The Hall–Kier alpha value is -0.0400. The lowest BCUT2D eigenvalue weighted by atomic mass is 9.96. The Bertz CT molecular complexity index is 118. The monoisotopic (exact) mass is 169 g/mol. The third kappa shape index (κ3) is 3.57. The quantitative estimate of drug-likeness (QED) is 0.650. The molecule has 0 aromatic carbocycles. The SMILES string of the molecule is CCCC(C)CCC(N)C1CC1. The maximum absolute atomic E-state index is 6.02. The molecule has 1 nitrogen and oxygen atoms in total. The Morgan fingerprint density at radius 2 is 1.92 bits per heavy atom. The number of rotatable bonds is 6. The summed E-state index contributed by atoms with van der Waals surface area (Å²) < 4.78 is 0. The summed E-state index contributed by atoms with van der Waals surface area (Å²) in [5, 5.41) is 0. The molecule has 0 aliphatic heterocycles. The van der Waals surface area contributed by atoms with E-state index in [1.807, 2.05) is 0 Å². The van der Waals surface area contributed by atoms with E-state index in [-0.39, 0.29) is 0 Å². The summed E-state index contributed by atoms with van der Waals surface area (Å²) in [7, 11) is 0. The zero-order chi connectivity index (χ0) is 8.97. The van der Waals surface area contributed by atoms with E-state index in [1.54, 1.807) is 0 Å². The van der Waals surface area contributed by atoms with E-state index >= 15 is 0 Å². The highest BCUT2D eigenvalue weighted by Crippen LogP contribution is 2.33. The molecule has 0 spiro atoms. The summed E-state index contributed by atoms with van der Waals surface area (Å²) in [4.78, 5) is 0. The molecule has 1 heteroatoms. The first-order chi connectivity index (χ1) is 5.74. The maximum Gasteiger partial charge on any atom is 0.00672 e. The smallest absolute Gasteiger partial charge is 0.00672 e. The maximum atomic E-state index is 6.02. The molecule has 2 unspecified atom stereocenters. The second kappa shape index (κ2) is 4.86. The van der Waals surface area contributed by atoms with Gasteiger partial charge in [0.15, 0.2) is 0 Å². The van der Waals surface area contributed by atoms with Gasteiger partial charge in [0.2, 0.25) is 0 Å². The zero-order valence-corrected chi connectivity index (χ0v) is 8.55. The van der Waals surface area contributed by atoms with Crippen molar-refractivity contribution in [3.63, 3.8) is 0 Å². The van der Waals surface area contributed by atoms with Gasteiger partial charge in [0.1, 0.15) is 0 Å². The van der Waals surface area contributed by atoms with E-state index in [1.165, 1.54) is 38.5 Å². The molecule has 0 aromatic rings. The Morgan fingerprint density at radius 3 is 2.42 bits per heavy atom. The van der Waals surface area contributed by atoms with Crippen LogP contribution >= 0.6 is 0 Å². The molecule has 1 fully saturated rings. The average molecular weight is 169 g/mol. The summed E-state index contributed by atoms with van der Waals surface area (Å²) in [6.07, 6.45) is 8.07. The first kappa shape index (κ1) is 10.0. The molecule has 0 bridgehead atoms. The van der Waals surface area contributed by atoms with E-state index in [2.05, 4.69) is 13.8 Å². The van der Waals surface area contributed by atoms with Gasteiger partial charge in [-0.15, -0.1) is 0 Å². The van der Waals surface area contributed by atoms with Crippen molar-refractivity contribution < 1.29 is 0 Å². The highest BCUT2D eigenvalue weighted by Gasteiger charge is 2.27. The van der Waals surface area contributed by atoms with Crippen LogP contribution in [0.1, 0.15) is 52.4 Å². The third-order valence-electron chi connectivity index (χ3n) is 3.00. The zero-order valence-electron chi connectivity index (χ0n) is 8.55. The molecular formula is C11H23N. The van der Waals surface area contributed by atoms with Gasteiger partial charge < -0.3 is 5.73 Å². The van der Waals surface area contributed by atoms with Crippen molar-refractivity contribution in [2.75, 3.05) is 0 Å². The van der Waals surface area contributed by atoms with Crippen molar-refractivity contribution >= 4 is 0 Å². The van der Waals surface area contributed by atoms with Crippen LogP contribution in [-0.4, -0.2) is 6.04 Å². The Morgan fingerprint density at radius 1 is 1.25 bits per heavy atom. The molecule has 1 saturated carbocycles. The highest BCUT2D eigenvalue weighted by molar-refractivity contribution is 4.83. The van der Waals surface area contributed by atoms with Crippen molar-refractivity contribution in [3.05, 3.63) is 0 Å². The number of hydrogen-bond donors (Lipinski definition) is 1. The van der Waals surface area contributed by atoms with Crippen LogP contribution in [0.25, 0.3) is 0 Å². The summed E-state index contributed by atoms with van der Waals surface area (Å²) in [5.74, 6) is 1.78. The lowest BCUT2D eigenvalue weighted by Gasteiger charge is -2.14. The topological polar surface area (TPSA) is 26.0 Å². The van der Waals surface area contributed by atoms with Crippen LogP contribution in [0.5, 0.6) is 0 Å². The first-order valence-electron chi connectivity index (χ1n) is 5.49. The molecule has 72 valence electrons. The Balaban J connectivity index is 1.99. The van der Waals surface area contributed by atoms with Gasteiger partial charge in [-0.25, -0.2) is 0 Å². The average Bonchev–Trinajstić information content (AvgIpc) is 2.83. The van der Waals surface area contributed by atoms with Crippen LogP contribution in [0, 0.1) is 11.8 Å². The summed E-state index contributed by atoms with van der Waals surface area (Å²) in [6, 6.07) is 0.518. The molecule has 0 saturated heterocycles. The van der Waals surface area contributed by atoms with E-state index in [9.17, 15) is 0 Å². The number of nitrogens with two attached hydrogens (primary N) is 1. The van der Waals surface area contributed by atoms with E-state index < -0.39 is 0 Å². The van der Waals surface area contributed by atoms with E-state index in [0.29, 0.717) is 6.04 Å². The lowest BCUT2D eigenvalue weighted by Crippen LogP contribution is -2.22. The predicted molar refractivity (Wildman–Crippen MR) is 54.0 cm³/mol. The molecule has 1 aliphatic carbocycles. The fourth-order valence-electron chi connectivity index (χ4n) is 1.87. The van der Waals surface area contributed by atoms with Gasteiger partial charge in [0.05, 0.1) is 0 Å². The molecule has 12 heavy (non-hydrogen) atoms. The van der Waals surface area contributed by atoms with Crippen molar-refractivity contribution in [2.45, 2.75) is 58.4 Å². The van der Waals surface area contributed by atoms with Crippen LogP contribution in [0.2, 0.25) is 0 Å². The molecule has 2 atom stereocenters. The molecule has 0 aromatic heterocycles. The molecule has 1 aliphatic rings. The van der Waals surface area contributed by atoms with Crippen LogP contribution in [-0.2, 0) is 0 Å². The van der Waals surface area contributed by atoms with E-state index in [4.69, 9.17) is 5.73 Å². The lowest BCUT2D eigenvalue weighted by molar-refractivity contribution is 0.422. The highest BCUT2D eigenvalue weighted by atomic mass is 14.7. The van der Waals surface area contributed by atoms with Gasteiger partial charge >= 0.3 is 0 Å². The molecule has 0 heterocycles. The van der Waals surface area contributed by atoms with Crippen molar-refractivity contribution in [1.29, 1.82) is 0 Å². The van der Waals surface area contributed by atoms with Gasteiger partial charge in [0.25, 0.3) is 0 Å². The molecular weight excluding hydrogens is 146 g/mol.